The lowest BCUT2D eigenvalue weighted by atomic mass is 9.99. The van der Waals surface area contributed by atoms with Crippen LogP contribution in [0.15, 0.2) is 42.7 Å². The van der Waals surface area contributed by atoms with Gasteiger partial charge in [-0.15, -0.1) is 0 Å². The first-order chi connectivity index (χ1) is 7.77. The van der Waals surface area contributed by atoms with E-state index in [1.807, 2.05) is 31.2 Å². The smallest absolute Gasteiger partial charge is 0.0846 e. The molecule has 0 aliphatic heterocycles. The molecule has 0 bridgehead atoms. The van der Waals surface area contributed by atoms with Crippen LogP contribution in [0.3, 0.4) is 0 Å². The van der Waals surface area contributed by atoms with Crippen molar-refractivity contribution in [3.8, 4) is 0 Å². The van der Waals surface area contributed by atoms with Gasteiger partial charge in [0.15, 0.2) is 0 Å². The molecule has 1 unspecified atom stereocenters. The molecule has 1 atom stereocenters. The number of aliphatic hydroxyl groups excluding tert-OH is 1. The summed E-state index contributed by atoms with van der Waals surface area (Å²) in [7, 11) is 0. The monoisotopic (exact) mass is 214 g/mol. The van der Waals surface area contributed by atoms with Crippen molar-refractivity contribution in [2.75, 3.05) is 0 Å². The van der Waals surface area contributed by atoms with Crippen LogP contribution in [0.4, 0.5) is 0 Å². The summed E-state index contributed by atoms with van der Waals surface area (Å²) in [6, 6.07) is 9.86. The van der Waals surface area contributed by atoms with E-state index in [-0.39, 0.29) is 0 Å². The molecule has 1 aromatic heterocycles. The van der Waals surface area contributed by atoms with Crippen molar-refractivity contribution in [1.29, 1.82) is 0 Å². The first-order valence-electron chi connectivity index (χ1n) is 5.26. The van der Waals surface area contributed by atoms with Crippen molar-refractivity contribution in [3.63, 3.8) is 0 Å². The minimum absolute atomic E-state index is 0.517. The molecule has 0 aliphatic rings. The Hall–Kier alpha value is -1.74. The third-order valence-electron chi connectivity index (χ3n) is 2.67. The van der Waals surface area contributed by atoms with E-state index in [1.54, 1.807) is 18.5 Å². The minimum atomic E-state index is -0.517. The summed E-state index contributed by atoms with van der Waals surface area (Å²) in [6.45, 7) is 2.05. The Morgan fingerprint density at radius 1 is 1.19 bits per heavy atom. The standard InChI is InChI=1S/C13H14N2O/c1-10-4-2-3-5-11(10)8-13(16)12-6-7-14-15-9-12/h2-7,9,13,16H,8H2,1H3. The zero-order valence-electron chi connectivity index (χ0n) is 9.17. The van der Waals surface area contributed by atoms with Crippen LogP contribution in [0.2, 0.25) is 0 Å². The van der Waals surface area contributed by atoms with Gasteiger partial charge in [-0.25, -0.2) is 0 Å². The van der Waals surface area contributed by atoms with Crippen molar-refractivity contribution in [2.24, 2.45) is 0 Å². The van der Waals surface area contributed by atoms with Crippen LogP contribution < -0.4 is 0 Å². The summed E-state index contributed by atoms with van der Waals surface area (Å²) in [5.74, 6) is 0. The molecule has 0 fully saturated rings. The van der Waals surface area contributed by atoms with E-state index in [0.29, 0.717) is 6.42 Å². The summed E-state index contributed by atoms with van der Waals surface area (Å²) in [5, 5.41) is 17.5. The SMILES string of the molecule is Cc1ccccc1CC(O)c1ccnnc1. The van der Waals surface area contributed by atoms with Crippen LogP contribution in [0, 0.1) is 6.92 Å². The minimum Gasteiger partial charge on any atom is -0.388 e. The number of rotatable bonds is 3. The fourth-order valence-corrected chi connectivity index (χ4v) is 1.66. The fraction of sp³-hybridized carbons (Fsp3) is 0.231. The molecule has 0 spiro atoms. The molecule has 2 rings (SSSR count). The highest BCUT2D eigenvalue weighted by molar-refractivity contribution is 5.27. The number of aliphatic hydroxyl groups is 1. The van der Waals surface area contributed by atoms with Gasteiger partial charge in [-0.1, -0.05) is 24.3 Å². The summed E-state index contributed by atoms with van der Waals surface area (Å²) >= 11 is 0. The fourth-order valence-electron chi connectivity index (χ4n) is 1.66. The van der Waals surface area contributed by atoms with Gasteiger partial charge >= 0.3 is 0 Å². The number of nitrogens with zero attached hydrogens (tertiary/aromatic N) is 2. The lowest BCUT2D eigenvalue weighted by Crippen LogP contribution is -2.03. The topological polar surface area (TPSA) is 46.0 Å². The Morgan fingerprint density at radius 2 is 2.00 bits per heavy atom. The van der Waals surface area contributed by atoms with Crippen LogP contribution in [0.1, 0.15) is 22.8 Å². The summed E-state index contributed by atoms with van der Waals surface area (Å²) in [5.41, 5.74) is 3.16. The van der Waals surface area contributed by atoms with Crippen molar-refractivity contribution in [3.05, 3.63) is 59.4 Å². The van der Waals surface area contributed by atoms with Gasteiger partial charge in [0.05, 0.1) is 12.3 Å². The van der Waals surface area contributed by atoms with Crippen LogP contribution in [-0.4, -0.2) is 15.3 Å². The number of aryl methyl sites for hydroxylation is 1. The van der Waals surface area contributed by atoms with Crippen molar-refractivity contribution in [2.45, 2.75) is 19.4 Å². The van der Waals surface area contributed by atoms with E-state index in [0.717, 1.165) is 11.1 Å². The average molecular weight is 214 g/mol. The molecule has 3 heteroatoms. The number of hydrogen-bond acceptors (Lipinski definition) is 3. The largest absolute Gasteiger partial charge is 0.388 e. The average Bonchev–Trinajstić information content (AvgIpc) is 2.33. The molecular formula is C13H14N2O. The van der Waals surface area contributed by atoms with Crippen LogP contribution in [0.5, 0.6) is 0 Å². The molecule has 16 heavy (non-hydrogen) atoms. The molecule has 0 aliphatic carbocycles. The molecule has 82 valence electrons. The molecular weight excluding hydrogens is 200 g/mol. The Labute approximate surface area is 94.8 Å². The number of benzene rings is 1. The lowest BCUT2D eigenvalue weighted by Gasteiger charge is -2.11. The first-order valence-corrected chi connectivity index (χ1v) is 5.26. The van der Waals surface area contributed by atoms with Crippen LogP contribution in [-0.2, 0) is 6.42 Å². The van der Waals surface area contributed by atoms with Gasteiger partial charge in [0.2, 0.25) is 0 Å². The maximum Gasteiger partial charge on any atom is 0.0846 e. The molecule has 1 N–H and O–H groups in total. The Kier molecular flexibility index (Phi) is 3.27. The highest BCUT2D eigenvalue weighted by atomic mass is 16.3. The highest BCUT2D eigenvalue weighted by Crippen LogP contribution is 2.18. The molecule has 0 radical (unpaired) electrons. The normalized spacial score (nSPS) is 12.4. The molecule has 1 heterocycles. The second-order valence-electron chi connectivity index (χ2n) is 3.82. The summed E-state index contributed by atoms with van der Waals surface area (Å²) < 4.78 is 0. The Bertz CT molecular complexity index is 456. The highest BCUT2D eigenvalue weighted by Gasteiger charge is 2.09. The molecule has 2 aromatic rings. The Morgan fingerprint density at radius 3 is 2.69 bits per heavy atom. The maximum absolute atomic E-state index is 10.0. The molecule has 0 saturated heterocycles. The molecule has 0 amide bonds. The maximum atomic E-state index is 10.0. The molecule has 0 saturated carbocycles. The van der Waals surface area contributed by atoms with E-state index in [1.165, 1.54) is 5.56 Å². The second-order valence-corrected chi connectivity index (χ2v) is 3.82. The summed E-state index contributed by atoms with van der Waals surface area (Å²) in [6.07, 6.45) is 3.29. The third kappa shape index (κ3) is 2.44. The predicted octanol–water partition coefficient (Wildman–Crippen LogP) is 2.06. The van der Waals surface area contributed by atoms with Gasteiger partial charge in [0.25, 0.3) is 0 Å². The van der Waals surface area contributed by atoms with Crippen molar-refractivity contribution >= 4 is 0 Å². The van der Waals surface area contributed by atoms with Gasteiger partial charge in [-0.05, 0) is 24.1 Å². The van der Waals surface area contributed by atoms with Crippen molar-refractivity contribution < 1.29 is 5.11 Å². The zero-order chi connectivity index (χ0) is 11.4. The van der Waals surface area contributed by atoms with E-state index >= 15 is 0 Å². The Balaban J connectivity index is 2.14. The zero-order valence-corrected chi connectivity index (χ0v) is 9.17. The molecule has 3 nitrogen and oxygen atoms in total. The predicted molar refractivity (Wildman–Crippen MR) is 61.9 cm³/mol. The molecule has 1 aromatic carbocycles. The van der Waals surface area contributed by atoms with E-state index in [9.17, 15) is 5.11 Å². The van der Waals surface area contributed by atoms with Gasteiger partial charge in [-0.3, -0.25) is 0 Å². The second kappa shape index (κ2) is 4.86. The van der Waals surface area contributed by atoms with Crippen LogP contribution >= 0.6 is 0 Å². The lowest BCUT2D eigenvalue weighted by molar-refractivity contribution is 0.177. The first kappa shape index (κ1) is 10.8. The van der Waals surface area contributed by atoms with E-state index in [4.69, 9.17) is 0 Å². The quantitative estimate of drug-likeness (QED) is 0.850. The van der Waals surface area contributed by atoms with Gasteiger partial charge in [0, 0.05) is 18.2 Å². The van der Waals surface area contributed by atoms with Gasteiger partial charge in [0.1, 0.15) is 0 Å². The van der Waals surface area contributed by atoms with Crippen molar-refractivity contribution in [1.82, 2.24) is 10.2 Å². The number of aromatic nitrogens is 2. The summed E-state index contributed by atoms with van der Waals surface area (Å²) in [4.78, 5) is 0. The van der Waals surface area contributed by atoms with Crippen LogP contribution in [0.25, 0.3) is 0 Å². The van der Waals surface area contributed by atoms with Gasteiger partial charge < -0.3 is 5.11 Å². The third-order valence-corrected chi connectivity index (χ3v) is 2.67. The van der Waals surface area contributed by atoms with E-state index < -0.39 is 6.10 Å². The number of hydrogen-bond donors (Lipinski definition) is 1. The van der Waals surface area contributed by atoms with Gasteiger partial charge in [-0.2, -0.15) is 10.2 Å². The van der Waals surface area contributed by atoms with E-state index in [2.05, 4.69) is 10.2 Å².